The van der Waals surface area contributed by atoms with Gasteiger partial charge in [0.2, 0.25) is 10.0 Å². The van der Waals surface area contributed by atoms with Crippen LogP contribution in [0.25, 0.3) is 0 Å². The van der Waals surface area contributed by atoms with Crippen molar-refractivity contribution in [3.05, 3.63) is 53.1 Å². The van der Waals surface area contributed by atoms with E-state index in [1.165, 1.54) is 18.2 Å². The van der Waals surface area contributed by atoms with E-state index < -0.39 is 10.0 Å². The zero-order valence-electron chi connectivity index (χ0n) is 10.4. The third-order valence-electron chi connectivity index (χ3n) is 2.66. The maximum Gasteiger partial charge on any atom is 0.240 e. The maximum atomic E-state index is 12.1. The lowest BCUT2D eigenvalue weighted by Crippen LogP contribution is -2.23. The molecule has 2 rings (SSSR count). The number of nitrogens with one attached hydrogen (secondary N) is 1. The van der Waals surface area contributed by atoms with Crippen LogP contribution in [0.5, 0.6) is 5.75 Å². The molecule has 7 heteroatoms. The molecule has 0 saturated heterocycles. The molecule has 0 amide bonds. The number of sulfonamides is 1. The molecule has 0 radical (unpaired) electrons. The van der Waals surface area contributed by atoms with Gasteiger partial charge in [0.1, 0.15) is 5.75 Å². The van der Waals surface area contributed by atoms with Gasteiger partial charge in [0.15, 0.2) is 0 Å². The van der Waals surface area contributed by atoms with E-state index in [-0.39, 0.29) is 22.9 Å². The number of nitrogens with two attached hydrogens (primary N) is 1. The zero-order chi connectivity index (χ0) is 14.8. The van der Waals surface area contributed by atoms with E-state index in [4.69, 9.17) is 17.3 Å². The number of halogens is 1. The van der Waals surface area contributed by atoms with Crippen molar-refractivity contribution in [3.8, 4) is 5.75 Å². The molecular formula is C13H13ClN2O3S. The van der Waals surface area contributed by atoms with Crippen molar-refractivity contribution in [2.45, 2.75) is 11.4 Å². The van der Waals surface area contributed by atoms with Crippen molar-refractivity contribution in [2.24, 2.45) is 0 Å². The lowest BCUT2D eigenvalue weighted by molar-refractivity contribution is 0.477. The summed E-state index contributed by atoms with van der Waals surface area (Å²) in [7, 11) is -3.69. The number of aromatic hydroxyl groups is 1. The van der Waals surface area contributed by atoms with E-state index in [0.29, 0.717) is 5.02 Å². The number of rotatable bonds is 4. The van der Waals surface area contributed by atoms with Gasteiger partial charge in [0, 0.05) is 11.6 Å². The van der Waals surface area contributed by atoms with Crippen molar-refractivity contribution in [2.75, 3.05) is 5.73 Å². The number of anilines is 1. The molecule has 0 aromatic heterocycles. The van der Waals surface area contributed by atoms with Gasteiger partial charge in [0.05, 0.1) is 10.6 Å². The van der Waals surface area contributed by atoms with Crippen LogP contribution in [0.1, 0.15) is 5.56 Å². The van der Waals surface area contributed by atoms with Gasteiger partial charge < -0.3 is 10.8 Å². The van der Waals surface area contributed by atoms with Crippen LogP contribution < -0.4 is 10.5 Å². The van der Waals surface area contributed by atoms with Crippen molar-refractivity contribution < 1.29 is 13.5 Å². The Bertz CT molecular complexity index is 732. The molecule has 0 unspecified atom stereocenters. The zero-order valence-corrected chi connectivity index (χ0v) is 11.9. The molecule has 0 fully saturated rings. The van der Waals surface area contributed by atoms with Crippen molar-refractivity contribution in [1.82, 2.24) is 4.72 Å². The molecule has 0 saturated carbocycles. The van der Waals surface area contributed by atoms with Gasteiger partial charge in [-0.3, -0.25) is 0 Å². The van der Waals surface area contributed by atoms with Crippen LogP contribution in [0.4, 0.5) is 5.69 Å². The minimum atomic E-state index is -3.69. The van der Waals surface area contributed by atoms with Crippen LogP contribution >= 0.6 is 11.6 Å². The highest BCUT2D eigenvalue weighted by Crippen LogP contribution is 2.23. The first kappa shape index (κ1) is 14.6. The highest BCUT2D eigenvalue weighted by atomic mass is 35.5. The summed E-state index contributed by atoms with van der Waals surface area (Å²) in [5, 5.41) is 9.83. The molecule has 0 aliphatic heterocycles. The fourth-order valence-electron chi connectivity index (χ4n) is 1.61. The average molecular weight is 313 g/mol. The Morgan fingerprint density at radius 3 is 2.60 bits per heavy atom. The fourth-order valence-corrected chi connectivity index (χ4v) is 2.87. The first-order chi connectivity index (χ1) is 9.38. The van der Waals surface area contributed by atoms with Crippen LogP contribution in [0.2, 0.25) is 5.02 Å². The summed E-state index contributed by atoms with van der Waals surface area (Å²) in [5.41, 5.74) is 6.24. The van der Waals surface area contributed by atoms with E-state index >= 15 is 0 Å². The molecule has 2 aromatic rings. The van der Waals surface area contributed by atoms with E-state index in [2.05, 4.69) is 4.72 Å². The molecular weight excluding hydrogens is 300 g/mol. The molecule has 0 aliphatic rings. The molecule has 106 valence electrons. The summed E-state index contributed by atoms with van der Waals surface area (Å²) < 4.78 is 26.6. The van der Waals surface area contributed by atoms with Gasteiger partial charge >= 0.3 is 0 Å². The van der Waals surface area contributed by atoms with Gasteiger partial charge in [0.25, 0.3) is 0 Å². The van der Waals surface area contributed by atoms with E-state index in [9.17, 15) is 13.5 Å². The number of nitrogen functional groups attached to an aromatic ring is 1. The Balaban J connectivity index is 2.17. The lowest BCUT2D eigenvalue weighted by Gasteiger charge is -2.08. The van der Waals surface area contributed by atoms with Gasteiger partial charge in [-0.05, 0) is 35.9 Å². The summed E-state index contributed by atoms with van der Waals surface area (Å²) in [6.45, 7) is 0.115. The highest BCUT2D eigenvalue weighted by molar-refractivity contribution is 7.89. The monoisotopic (exact) mass is 312 g/mol. The van der Waals surface area contributed by atoms with Gasteiger partial charge in [-0.2, -0.15) is 0 Å². The van der Waals surface area contributed by atoms with Crippen molar-refractivity contribution in [1.29, 1.82) is 0 Å². The third kappa shape index (κ3) is 3.41. The predicted molar refractivity (Wildman–Crippen MR) is 78.0 cm³/mol. The van der Waals surface area contributed by atoms with Crippen LogP contribution in [0, 0.1) is 0 Å². The van der Waals surface area contributed by atoms with Crippen LogP contribution in [0.3, 0.4) is 0 Å². The summed E-state index contributed by atoms with van der Waals surface area (Å²) >= 11 is 5.83. The third-order valence-corrected chi connectivity index (χ3v) is 4.30. The van der Waals surface area contributed by atoms with Crippen molar-refractivity contribution in [3.63, 3.8) is 0 Å². The molecule has 0 bridgehead atoms. The summed E-state index contributed by atoms with van der Waals surface area (Å²) in [6, 6.07) is 10.6. The number of phenolic OH excluding ortho intramolecular Hbond substituents is 1. The maximum absolute atomic E-state index is 12.1. The molecule has 0 spiro atoms. The van der Waals surface area contributed by atoms with E-state index in [1.54, 1.807) is 24.3 Å². The molecule has 20 heavy (non-hydrogen) atoms. The smallest absolute Gasteiger partial charge is 0.240 e. The Kier molecular flexibility index (Phi) is 4.17. The second kappa shape index (κ2) is 5.70. The molecule has 0 heterocycles. The van der Waals surface area contributed by atoms with Crippen LogP contribution in [-0.2, 0) is 16.6 Å². The number of phenols is 1. The molecule has 5 nitrogen and oxygen atoms in total. The Labute approximate surface area is 122 Å². The molecule has 0 aliphatic carbocycles. The summed E-state index contributed by atoms with van der Waals surface area (Å²) in [5.74, 6) is -0.154. The lowest BCUT2D eigenvalue weighted by atomic mass is 10.2. The largest absolute Gasteiger partial charge is 0.506 e. The highest BCUT2D eigenvalue weighted by Gasteiger charge is 2.15. The molecule has 4 N–H and O–H groups in total. The van der Waals surface area contributed by atoms with E-state index in [0.717, 1.165) is 5.56 Å². The summed E-state index contributed by atoms with van der Waals surface area (Å²) in [4.78, 5) is -0.00479. The van der Waals surface area contributed by atoms with Gasteiger partial charge in [-0.25, -0.2) is 13.1 Å². The topological polar surface area (TPSA) is 92.4 Å². The number of hydrogen-bond donors (Lipinski definition) is 3. The quantitative estimate of drug-likeness (QED) is 0.595. The summed E-state index contributed by atoms with van der Waals surface area (Å²) in [6.07, 6.45) is 0. The standard InChI is InChI=1S/C13H13ClN2O3S/c14-10-3-1-2-9(6-10)8-16-20(18,19)11-4-5-13(17)12(15)7-11/h1-7,16-17H,8,15H2. The Morgan fingerprint density at radius 1 is 1.20 bits per heavy atom. The normalized spacial score (nSPS) is 11.4. The second-order valence-corrected chi connectivity index (χ2v) is 6.38. The van der Waals surface area contributed by atoms with Gasteiger partial charge in [-0.1, -0.05) is 23.7 Å². The van der Waals surface area contributed by atoms with Crippen molar-refractivity contribution >= 4 is 27.3 Å². The first-order valence-corrected chi connectivity index (χ1v) is 7.57. The fraction of sp³-hybridized carbons (Fsp3) is 0.0769. The molecule has 0 atom stereocenters. The number of hydrogen-bond acceptors (Lipinski definition) is 4. The minimum absolute atomic E-state index is 0.00479. The second-order valence-electron chi connectivity index (χ2n) is 4.18. The van der Waals surface area contributed by atoms with Crippen LogP contribution in [0.15, 0.2) is 47.4 Å². The molecule has 2 aromatic carbocycles. The predicted octanol–water partition coefficient (Wildman–Crippen LogP) is 2.11. The Hall–Kier alpha value is -1.76. The minimum Gasteiger partial charge on any atom is -0.506 e. The average Bonchev–Trinajstić information content (AvgIpc) is 2.40. The Morgan fingerprint density at radius 2 is 1.95 bits per heavy atom. The van der Waals surface area contributed by atoms with Gasteiger partial charge in [-0.15, -0.1) is 0 Å². The van der Waals surface area contributed by atoms with E-state index in [1.807, 2.05) is 0 Å². The first-order valence-electron chi connectivity index (χ1n) is 5.71. The SMILES string of the molecule is Nc1cc(S(=O)(=O)NCc2cccc(Cl)c2)ccc1O. The van der Waals surface area contributed by atoms with Crippen LogP contribution in [-0.4, -0.2) is 13.5 Å². The number of benzene rings is 2.